The number of rotatable bonds is 3. The Hall–Kier alpha value is -3.20. The summed E-state index contributed by atoms with van der Waals surface area (Å²) in [5.74, 6) is -1.11. The van der Waals surface area contributed by atoms with Crippen LogP contribution in [0.4, 0.5) is 15.8 Å². The molecular weight excluding hydrogens is 321 g/mol. The summed E-state index contributed by atoms with van der Waals surface area (Å²) >= 11 is 0. The molecule has 1 atom stereocenters. The number of anilines is 2. The summed E-state index contributed by atoms with van der Waals surface area (Å²) in [5.41, 5.74) is 1.35. The molecule has 0 spiro atoms. The van der Waals surface area contributed by atoms with Crippen LogP contribution in [0.25, 0.3) is 0 Å². The number of amides is 2. The third-order valence-electron chi connectivity index (χ3n) is 4.16. The number of benzene rings is 2. The smallest absolute Gasteiger partial charge is 0.255 e. The Morgan fingerprint density at radius 1 is 1.32 bits per heavy atom. The van der Waals surface area contributed by atoms with Gasteiger partial charge in [-0.1, -0.05) is 6.07 Å². The lowest BCUT2D eigenvalue weighted by atomic mass is 10.1. The first-order valence-corrected chi connectivity index (χ1v) is 7.92. The molecular formula is C19H16FN3O2. The molecule has 1 saturated heterocycles. The van der Waals surface area contributed by atoms with Crippen LogP contribution in [0.1, 0.15) is 35.7 Å². The Morgan fingerprint density at radius 3 is 2.80 bits per heavy atom. The van der Waals surface area contributed by atoms with Gasteiger partial charge in [0.15, 0.2) is 0 Å². The molecule has 3 rings (SSSR count). The van der Waals surface area contributed by atoms with Crippen molar-refractivity contribution in [2.24, 2.45) is 0 Å². The number of carbonyl (C=O) groups is 2. The predicted octanol–water partition coefficient (Wildman–Crippen LogP) is 3.46. The fourth-order valence-electron chi connectivity index (χ4n) is 2.95. The molecule has 2 amide bonds. The van der Waals surface area contributed by atoms with Crippen molar-refractivity contribution in [1.29, 1.82) is 5.26 Å². The average molecular weight is 337 g/mol. The summed E-state index contributed by atoms with van der Waals surface area (Å²) in [5, 5.41) is 11.6. The number of nitrogens with one attached hydrogen (secondary N) is 1. The van der Waals surface area contributed by atoms with Gasteiger partial charge in [-0.25, -0.2) is 4.39 Å². The van der Waals surface area contributed by atoms with Gasteiger partial charge in [-0.05, 0) is 49.7 Å². The Labute approximate surface area is 144 Å². The third-order valence-corrected chi connectivity index (χ3v) is 4.16. The van der Waals surface area contributed by atoms with E-state index < -0.39 is 11.7 Å². The van der Waals surface area contributed by atoms with Crippen LogP contribution in [0.2, 0.25) is 0 Å². The summed E-state index contributed by atoms with van der Waals surface area (Å²) < 4.78 is 13.5. The minimum absolute atomic E-state index is 0.0553. The van der Waals surface area contributed by atoms with Gasteiger partial charge in [-0.15, -0.1) is 0 Å². The highest BCUT2D eigenvalue weighted by Crippen LogP contribution is 2.28. The first-order valence-electron chi connectivity index (χ1n) is 7.92. The van der Waals surface area contributed by atoms with E-state index in [0.29, 0.717) is 17.8 Å². The molecule has 0 aromatic heterocycles. The summed E-state index contributed by atoms with van der Waals surface area (Å²) in [7, 11) is 0. The minimum Gasteiger partial charge on any atom is -0.322 e. The molecule has 5 nitrogen and oxygen atoms in total. The Balaban J connectivity index is 1.83. The van der Waals surface area contributed by atoms with Gasteiger partial charge in [-0.3, -0.25) is 9.59 Å². The Bertz CT molecular complexity index is 888. The number of nitrogens with zero attached hydrogens (tertiary/aromatic N) is 2. The SMILES string of the molecule is CC1CCC(=O)N1c1cccc(NC(=O)c2cc(F)cc(C#N)c2)c1. The van der Waals surface area contributed by atoms with Crippen LogP contribution in [0, 0.1) is 17.1 Å². The van der Waals surface area contributed by atoms with Crippen LogP contribution in [0.3, 0.4) is 0 Å². The molecule has 1 N–H and O–H groups in total. The highest BCUT2D eigenvalue weighted by molar-refractivity contribution is 6.05. The molecule has 1 aliphatic heterocycles. The third kappa shape index (κ3) is 3.50. The van der Waals surface area contributed by atoms with E-state index in [1.807, 2.05) is 19.1 Å². The van der Waals surface area contributed by atoms with Gasteiger partial charge in [-0.2, -0.15) is 5.26 Å². The van der Waals surface area contributed by atoms with Gasteiger partial charge in [0.2, 0.25) is 5.91 Å². The van der Waals surface area contributed by atoms with E-state index in [9.17, 15) is 14.0 Å². The predicted molar refractivity (Wildman–Crippen MR) is 91.7 cm³/mol. The number of nitriles is 1. The summed E-state index contributed by atoms with van der Waals surface area (Å²) in [6.07, 6.45) is 1.31. The molecule has 0 bridgehead atoms. The zero-order valence-corrected chi connectivity index (χ0v) is 13.6. The molecule has 0 saturated carbocycles. The Kier molecular flexibility index (Phi) is 4.48. The molecule has 126 valence electrons. The van der Waals surface area contributed by atoms with Crippen LogP contribution >= 0.6 is 0 Å². The van der Waals surface area contributed by atoms with Crippen LogP contribution < -0.4 is 10.2 Å². The fourth-order valence-corrected chi connectivity index (χ4v) is 2.95. The standard InChI is InChI=1S/C19H16FN3O2/c1-12-5-6-18(24)23(12)17-4-2-3-16(10-17)22-19(25)14-7-13(11-21)8-15(20)9-14/h2-4,7-10,12H,5-6H2,1H3,(H,22,25). The van der Waals surface area contributed by atoms with Gasteiger partial charge < -0.3 is 10.2 Å². The molecule has 1 aliphatic rings. The first kappa shape index (κ1) is 16.7. The zero-order valence-electron chi connectivity index (χ0n) is 13.6. The second-order valence-corrected chi connectivity index (χ2v) is 6.00. The van der Waals surface area contributed by atoms with E-state index in [1.165, 1.54) is 6.07 Å². The highest BCUT2D eigenvalue weighted by atomic mass is 19.1. The molecule has 25 heavy (non-hydrogen) atoms. The van der Waals surface area contributed by atoms with Crippen molar-refractivity contribution in [3.8, 4) is 6.07 Å². The van der Waals surface area contributed by atoms with Crippen LogP contribution in [-0.2, 0) is 4.79 Å². The van der Waals surface area contributed by atoms with Crippen LogP contribution in [0.5, 0.6) is 0 Å². The number of carbonyl (C=O) groups excluding carboxylic acids is 2. The summed E-state index contributed by atoms with van der Waals surface area (Å²) in [4.78, 5) is 26.1. The molecule has 1 heterocycles. The van der Waals surface area contributed by atoms with Crippen LogP contribution in [0.15, 0.2) is 42.5 Å². The number of halogens is 1. The number of hydrogen-bond acceptors (Lipinski definition) is 3. The van der Waals surface area contributed by atoms with Crippen molar-refractivity contribution in [3.05, 3.63) is 59.4 Å². The summed E-state index contributed by atoms with van der Waals surface area (Å²) in [6, 6.07) is 12.4. The normalized spacial score (nSPS) is 16.6. The molecule has 0 aliphatic carbocycles. The van der Waals surface area contributed by atoms with Crippen molar-refractivity contribution in [1.82, 2.24) is 0 Å². The number of hydrogen-bond donors (Lipinski definition) is 1. The van der Waals surface area contributed by atoms with E-state index in [1.54, 1.807) is 23.1 Å². The Morgan fingerprint density at radius 2 is 2.12 bits per heavy atom. The molecule has 1 fully saturated rings. The summed E-state index contributed by atoms with van der Waals surface area (Å²) in [6.45, 7) is 1.98. The molecule has 1 unspecified atom stereocenters. The van der Waals surface area contributed by atoms with Crippen molar-refractivity contribution in [2.75, 3.05) is 10.2 Å². The van der Waals surface area contributed by atoms with Crippen molar-refractivity contribution < 1.29 is 14.0 Å². The monoisotopic (exact) mass is 337 g/mol. The van der Waals surface area contributed by atoms with E-state index in [2.05, 4.69) is 5.32 Å². The van der Waals surface area contributed by atoms with Crippen molar-refractivity contribution >= 4 is 23.2 Å². The maximum Gasteiger partial charge on any atom is 0.255 e. The van der Waals surface area contributed by atoms with Crippen molar-refractivity contribution in [2.45, 2.75) is 25.8 Å². The maximum atomic E-state index is 13.5. The van der Waals surface area contributed by atoms with Crippen molar-refractivity contribution in [3.63, 3.8) is 0 Å². The lowest BCUT2D eigenvalue weighted by Crippen LogP contribution is -2.30. The van der Waals surface area contributed by atoms with Gasteiger partial charge in [0.05, 0.1) is 11.6 Å². The molecule has 2 aromatic rings. The zero-order chi connectivity index (χ0) is 18.0. The topological polar surface area (TPSA) is 73.2 Å². The molecule has 0 radical (unpaired) electrons. The largest absolute Gasteiger partial charge is 0.322 e. The molecule has 2 aromatic carbocycles. The average Bonchev–Trinajstić information content (AvgIpc) is 2.93. The first-order chi connectivity index (χ1) is 12.0. The van der Waals surface area contributed by atoms with E-state index in [4.69, 9.17) is 5.26 Å². The van der Waals surface area contributed by atoms with E-state index in [-0.39, 0.29) is 23.1 Å². The second kappa shape index (κ2) is 6.73. The van der Waals surface area contributed by atoms with Gasteiger partial charge in [0.1, 0.15) is 5.82 Å². The van der Waals surface area contributed by atoms with E-state index in [0.717, 1.165) is 18.6 Å². The fraction of sp³-hybridized carbons (Fsp3) is 0.211. The van der Waals surface area contributed by atoms with Gasteiger partial charge in [0, 0.05) is 29.4 Å². The maximum absolute atomic E-state index is 13.5. The van der Waals surface area contributed by atoms with Crippen LogP contribution in [-0.4, -0.2) is 17.9 Å². The van der Waals surface area contributed by atoms with Gasteiger partial charge in [0.25, 0.3) is 5.91 Å². The second-order valence-electron chi connectivity index (χ2n) is 6.00. The molecule has 6 heteroatoms. The quantitative estimate of drug-likeness (QED) is 0.932. The lowest BCUT2D eigenvalue weighted by molar-refractivity contribution is -0.117. The minimum atomic E-state index is -0.644. The lowest BCUT2D eigenvalue weighted by Gasteiger charge is -2.22. The highest BCUT2D eigenvalue weighted by Gasteiger charge is 2.28. The van der Waals surface area contributed by atoms with E-state index >= 15 is 0 Å². The van der Waals surface area contributed by atoms with Gasteiger partial charge >= 0.3 is 0 Å².